The number of anilines is 3. The molecule has 0 atom stereocenters. The van der Waals surface area contributed by atoms with Gasteiger partial charge in [0.1, 0.15) is 17.4 Å². The van der Waals surface area contributed by atoms with Crippen molar-refractivity contribution < 1.29 is 18.3 Å². The zero-order valence-electron chi connectivity index (χ0n) is 22.7. The number of pyridine rings is 2. The molecule has 0 unspecified atom stereocenters. The fraction of sp³-hybridized carbons (Fsp3) is 0.355. The zero-order chi connectivity index (χ0) is 27.3. The normalized spacial score (nSPS) is 16.6. The van der Waals surface area contributed by atoms with Gasteiger partial charge in [0.15, 0.2) is 0 Å². The highest BCUT2D eigenvalue weighted by molar-refractivity contribution is 5.98. The van der Waals surface area contributed by atoms with Crippen molar-refractivity contribution in [3.63, 3.8) is 0 Å². The molecule has 6 nitrogen and oxygen atoms in total. The number of halogens is 2. The van der Waals surface area contributed by atoms with Crippen LogP contribution in [0.3, 0.4) is 0 Å². The van der Waals surface area contributed by atoms with Crippen molar-refractivity contribution in [3.8, 4) is 5.75 Å². The summed E-state index contributed by atoms with van der Waals surface area (Å²) in [6.07, 6.45) is 2.43. The lowest BCUT2D eigenvalue weighted by atomic mass is 9.91. The topological polar surface area (TPSA) is 50.7 Å². The monoisotopic (exact) mass is 530 g/mol. The molecular weight excluding hydrogens is 498 g/mol. The number of morpholine rings is 1. The van der Waals surface area contributed by atoms with Gasteiger partial charge in [0.25, 0.3) is 0 Å². The van der Waals surface area contributed by atoms with Crippen molar-refractivity contribution in [3.05, 3.63) is 82.8 Å². The predicted octanol–water partition coefficient (Wildman–Crippen LogP) is 6.08. The van der Waals surface area contributed by atoms with Gasteiger partial charge in [-0.1, -0.05) is 26.0 Å². The van der Waals surface area contributed by atoms with Crippen LogP contribution in [0.2, 0.25) is 0 Å². The van der Waals surface area contributed by atoms with E-state index in [2.05, 4.69) is 29.7 Å². The highest BCUT2D eigenvalue weighted by Gasteiger charge is 2.39. The largest absolute Gasteiger partial charge is 0.497 e. The summed E-state index contributed by atoms with van der Waals surface area (Å²) in [7, 11) is 1.63. The predicted molar refractivity (Wildman–Crippen MR) is 149 cm³/mol. The fourth-order valence-electron chi connectivity index (χ4n) is 5.84. The first-order valence-electron chi connectivity index (χ1n) is 13.3. The molecule has 0 saturated carbocycles. The SMILES string of the molecule is COc1cccc(Cc2nc3cc(F)cc(F)c3c(N3CC(C)(C)c4ncc(N5CCOCC5)cc43)c2C)c1. The molecule has 2 aliphatic heterocycles. The molecule has 2 aliphatic rings. The molecule has 39 heavy (non-hydrogen) atoms. The molecule has 8 heteroatoms. The Morgan fingerprint density at radius 2 is 1.87 bits per heavy atom. The Balaban J connectivity index is 1.54. The van der Waals surface area contributed by atoms with Crippen molar-refractivity contribution in [2.24, 2.45) is 0 Å². The number of ether oxygens (including phenoxy) is 2. The Morgan fingerprint density at radius 1 is 1.08 bits per heavy atom. The average Bonchev–Trinajstić information content (AvgIpc) is 3.19. The Morgan fingerprint density at radius 3 is 2.64 bits per heavy atom. The molecule has 0 aliphatic carbocycles. The van der Waals surface area contributed by atoms with E-state index in [1.54, 1.807) is 7.11 Å². The number of hydrogen-bond donors (Lipinski definition) is 0. The minimum Gasteiger partial charge on any atom is -0.497 e. The molecule has 2 aromatic heterocycles. The van der Waals surface area contributed by atoms with Gasteiger partial charge in [0.05, 0.1) is 65.9 Å². The van der Waals surface area contributed by atoms with Crippen LogP contribution in [-0.4, -0.2) is 49.9 Å². The third kappa shape index (κ3) is 4.56. The lowest BCUT2D eigenvalue weighted by Crippen LogP contribution is -2.36. The van der Waals surface area contributed by atoms with Crippen molar-refractivity contribution in [1.29, 1.82) is 0 Å². The van der Waals surface area contributed by atoms with Gasteiger partial charge in [-0.2, -0.15) is 0 Å². The van der Waals surface area contributed by atoms with E-state index in [0.717, 1.165) is 58.8 Å². The molecule has 2 aromatic carbocycles. The Labute approximate surface area is 227 Å². The second-order valence-corrected chi connectivity index (χ2v) is 11.0. The van der Waals surface area contributed by atoms with Gasteiger partial charge in [-0.25, -0.2) is 8.78 Å². The van der Waals surface area contributed by atoms with Gasteiger partial charge in [-0.15, -0.1) is 0 Å². The summed E-state index contributed by atoms with van der Waals surface area (Å²) in [5, 5.41) is 0.323. The molecule has 1 saturated heterocycles. The van der Waals surface area contributed by atoms with Crippen LogP contribution in [0.25, 0.3) is 10.9 Å². The lowest BCUT2D eigenvalue weighted by Gasteiger charge is -2.30. The summed E-state index contributed by atoms with van der Waals surface area (Å²) < 4.78 is 41.0. The molecule has 6 rings (SSSR count). The number of nitrogens with zero attached hydrogens (tertiary/aromatic N) is 4. The van der Waals surface area contributed by atoms with E-state index >= 15 is 4.39 Å². The Hall–Kier alpha value is -3.78. The second-order valence-electron chi connectivity index (χ2n) is 11.0. The lowest BCUT2D eigenvalue weighted by molar-refractivity contribution is 0.122. The number of aromatic nitrogens is 2. The van der Waals surface area contributed by atoms with Crippen LogP contribution in [-0.2, 0) is 16.6 Å². The zero-order valence-corrected chi connectivity index (χ0v) is 22.7. The highest BCUT2D eigenvalue weighted by Crippen LogP contribution is 2.48. The molecular formula is C31H32F2N4O2. The standard InChI is InChI=1S/C31H32F2N4O2/c1-19-25(13-20-6-5-7-23(12-20)38-4)35-26-15-21(32)14-24(33)28(26)29(19)37-18-31(2,3)30-27(37)16-22(17-34-30)36-8-10-39-11-9-36/h5-7,12,14-17H,8-11,13,18H2,1-4H3. The van der Waals surface area contributed by atoms with Crippen LogP contribution in [0, 0.1) is 18.6 Å². The fourth-order valence-corrected chi connectivity index (χ4v) is 5.84. The molecule has 0 N–H and O–H groups in total. The summed E-state index contributed by atoms with van der Waals surface area (Å²) in [6.45, 7) is 9.81. The highest BCUT2D eigenvalue weighted by atomic mass is 19.1. The molecule has 1 fully saturated rings. The van der Waals surface area contributed by atoms with Gasteiger partial charge >= 0.3 is 0 Å². The average molecular weight is 531 g/mol. The van der Waals surface area contributed by atoms with E-state index in [0.29, 0.717) is 42.8 Å². The number of fused-ring (bicyclic) bond motifs is 2. The van der Waals surface area contributed by atoms with Crippen molar-refractivity contribution in [2.45, 2.75) is 32.6 Å². The first-order valence-corrected chi connectivity index (χ1v) is 13.3. The van der Waals surface area contributed by atoms with Crippen LogP contribution in [0.4, 0.5) is 25.8 Å². The van der Waals surface area contributed by atoms with E-state index in [-0.39, 0.29) is 5.41 Å². The van der Waals surface area contributed by atoms with E-state index in [4.69, 9.17) is 19.4 Å². The van der Waals surface area contributed by atoms with Gasteiger partial charge in [0.2, 0.25) is 0 Å². The smallest absolute Gasteiger partial charge is 0.137 e. The molecule has 0 spiro atoms. The van der Waals surface area contributed by atoms with Crippen LogP contribution in [0.1, 0.15) is 36.4 Å². The second kappa shape index (κ2) is 9.75. The summed E-state index contributed by atoms with van der Waals surface area (Å²) in [6, 6.07) is 12.2. The minimum atomic E-state index is -0.645. The van der Waals surface area contributed by atoms with Gasteiger partial charge in [0, 0.05) is 43.6 Å². The summed E-state index contributed by atoms with van der Waals surface area (Å²) in [5.41, 5.74) is 6.28. The summed E-state index contributed by atoms with van der Waals surface area (Å²) in [4.78, 5) is 14.1. The molecule has 0 amide bonds. The molecule has 4 heterocycles. The number of benzene rings is 2. The van der Waals surface area contributed by atoms with E-state index in [9.17, 15) is 4.39 Å². The third-order valence-corrected chi connectivity index (χ3v) is 7.80. The molecule has 0 radical (unpaired) electrons. The Kier molecular flexibility index (Phi) is 6.38. The van der Waals surface area contributed by atoms with E-state index in [1.165, 1.54) is 6.07 Å². The maximum atomic E-state index is 15.6. The van der Waals surface area contributed by atoms with Crippen LogP contribution < -0.4 is 14.5 Å². The molecule has 202 valence electrons. The maximum absolute atomic E-state index is 15.6. The number of hydrogen-bond acceptors (Lipinski definition) is 6. The van der Waals surface area contributed by atoms with Crippen molar-refractivity contribution in [2.75, 3.05) is 49.8 Å². The van der Waals surface area contributed by atoms with Crippen LogP contribution in [0.5, 0.6) is 5.75 Å². The van der Waals surface area contributed by atoms with Gasteiger partial charge in [-0.3, -0.25) is 9.97 Å². The minimum absolute atomic E-state index is 0.273. The number of methoxy groups -OCH3 is 1. The van der Waals surface area contributed by atoms with Crippen molar-refractivity contribution in [1.82, 2.24) is 9.97 Å². The van der Waals surface area contributed by atoms with Gasteiger partial charge in [-0.05, 0) is 36.2 Å². The Bertz CT molecular complexity index is 1570. The summed E-state index contributed by atoms with van der Waals surface area (Å²) >= 11 is 0. The number of rotatable bonds is 5. The molecule has 0 bridgehead atoms. The summed E-state index contributed by atoms with van der Waals surface area (Å²) in [5.74, 6) is -0.514. The molecule has 4 aromatic rings. The van der Waals surface area contributed by atoms with E-state index in [1.807, 2.05) is 37.4 Å². The quantitative estimate of drug-likeness (QED) is 0.312. The maximum Gasteiger partial charge on any atom is 0.137 e. The first-order chi connectivity index (χ1) is 18.7. The van der Waals surface area contributed by atoms with Gasteiger partial charge < -0.3 is 19.3 Å². The van der Waals surface area contributed by atoms with E-state index < -0.39 is 11.6 Å². The third-order valence-electron chi connectivity index (χ3n) is 7.80. The van der Waals surface area contributed by atoms with Crippen LogP contribution in [0.15, 0.2) is 48.7 Å². The van der Waals surface area contributed by atoms with Crippen LogP contribution >= 0.6 is 0 Å². The van der Waals surface area contributed by atoms with Crippen molar-refractivity contribution >= 4 is 28.0 Å². The first kappa shape index (κ1) is 25.5.